The highest BCUT2D eigenvalue weighted by Crippen LogP contribution is 2.37. The summed E-state index contributed by atoms with van der Waals surface area (Å²) in [5, 5.41) is 0. The van der Waals surface area contributed by atoms with E-state index in [0.29, 0.717) is 5.56 Å². The molecule has 0 saturated carbocycles. The van der Waals surface area contributed by atoms with Crippen molar-refractivity contribution in [3.8, 4) is 18.3 Å². The van der Waals surface area contributed by atoms with Crippen LogP contribution in [0.25, 0.3) is 6.08 Å². The average Bonchev–Trinajstić information content (AvgIpc) is 2.36. The molecule has 1 aliphatic rings. The Hall–Kier alpha value is -2.42. The number of carbonyl (C=O) groups is 1. The molecule has 1 atom stereocenters. The fourth-order valence-corrected chi connectivity index (χ4v) is 1.66. The fourth-order valence-electron chi connectivity index (χ4n) is 1.66. The van der Waals surface area contributed by atoms with E-state index in [0.717, 1.165) is 6.08 Å². The minimum atomic E-state index is -4.74. The quantitative estimate of drug-likeness (QED) is 0.580. The number of hydrogen-bond acceptors (Lipinski definition) is 3. The van der Waals surface area contributed by atoms with Gasteiger partial charge in [-0.25, -0.2) is 4.79 Å². The third-order valence-electron chi connectivity index (χ3n) is 2.44. The predicted molar refractivity (Wildman–Crippen MR) is 59.8 cm³/mol. The topological polar surface area (TPSA) is 35.5 Å². The maximum absolute atomic E-state index is 12.9. The smallest absolute Gasteiger partial charge is 0.430 e. The Bertz CT molecular complexity index is 582. The minimum absolute atomic E-state index is 0.0436. The Kier molecular flexibility index (Phi) is 3.21. The third-order valence-corrected chi connectivity index (χ3v) is 2.44. The van der Waals surface area contributed by atoms with Gasteiger partial charge in [-0.15, -0.1) is 0 Å². The predicted octanol–water partition coefficient (Wildman–Crippen LogP) is 2.53. The lowest BCUT2D eigenvalue weighted by Gasteiger charge is -2.27. The van der Waals surface area contributed by atoms with Crippen LogP contribution < -0.4 is 4.74 Å². The van der Waals surface area contributed by atoms with Crippen LogP contribution in [0, 0.1) is 12.5 Å². The Morgan fingerprint density at radius 1 is 1.37 bits per heavy atom. The standard InChI is InChI=1S/C13H7F3O3/c1-2-18-12(17)9-7-8-5-3-4-6-10(8)19-11(9)13(14,15)16/h1,3-7,11H. The zero-order chi connectivity index (χ0) is 14.0. The highest BCUT2D eigenvalue weighted by Gasteiger charge is 2.48. The van der Waals surface area contributed by atoms with Gasteiger partial charge in [-0.1, -0.05) is 24.6 Å². The lowest BCUT2D eigenvalue weighted by Crippen LogP contribution is -2.40. The summed E-state index contributed by atoms with van der Waals surface area (Å²) in [5.41, 5.74) is -0.323. The van der Waals surface area contributed by atoms with Crippen LogP contribution >= 0.6 is 0 Å². The lowest BCUT2D eigenvalue weighted by molar-refractivity contribution is -0.187. The van der Waals surface area contributed by atoms with E-state index in [-0.39, 0.29) is 5.75 Å². The number of ether oxygens (including phenoxy) is 2. The van der Waals surface area contributed by atoms with Gasteiger partial charge in [0.15, 0.2) is 0 Å². The van der Waals surface area contributed by atoms with Crippen molar-refractivity contribution in [2.45, 2.75) is 12.3 Å². The van der Waals surface area contributed by atoms with Crippen molar-refractivity contribution in [1.82, 2.24) is 0 Å². The van der Waals surface area contributed by atoms with E-state index >= 15 is 0 Å². The van der Waals surface area contributed by atoms with E-state index in [1.165, 1.54) is 18.2 Å². The van der Waals surface area contributed by atoms with Gasteiger partial charge in [0.25, 0.3) is 0 Å². The van der Waals surface area contributed by atoms with Crippen LogP contribution in [0.3, 0.4) is 0 Å². The number of esters is 1. The molecule has 0 radical (unpaired) electrons. The summed E-state index contributed by atoms with van der Waals surface area (Å²) in [5.74, 6) is -1.21. The van der Waals surface area contributed by atoms with Crippen LogP contribution in [0.2, 0.25) is 0 Å². The number of rotatable bonds is 1. The first-order chi connectivity index (χ1) is 8.93. The molecule has 0 amide bonds. The van der Waals surface area contributed by atoms with E-state index in [1.54, 1.807) is 12.2 Å². The summed E-state index contributed by atoms with van der Waals surface area (Å²) in [4.78, 5) is 11.5. The molecule has 2 rings (SSSR count). The first kappa shape index (κ1) is 13.0. The SMILES string of the molecule is C#COC(=O)C1=Cc2ccccc2OC1C(F)(F)F. The first-order valence-corrected chi connectivity index (χ1v) is 5.14. The molecule has 3 nitrogen and oxygen atoms in total. The Morgan fingerprint density at radius 2 is 2.05 bits per heavy atom. The number of terminal acetylenes is 1. The molecule has 0 aromatic heterocycles. The Morgan fingerprint density at radius 3 is 2.68 bits per heavy atom. The fraction of sp³-hybridized carbons (Fsp3) is 0.154. The van der Waals surface area contributed by atoms with Gasteiger partial charge in [-0.3, -0.25) is 0 Å². The van der Waals surface area contributed by atoms with E-state index in [4.69, 9.17) is 11.2 Å². The van der Waals surface area contributed by atoms with Crippen molar-refractivity contribution >= 4 is 12.0 Å². The normalized spacial score (nSPS) is 17.6. The summed E-state index contributed by atoms with van der Waals surface area (Å²) in [6, 6.07) is 6.04. The third kappa shape index (κ3) is 2.55. The molecular weight excluding hydrogens is 261 g/mol. The molecule has 1 unspecified atom stereocenters. The number of alkyl halides is 3. The largest absolute Gasteiger partial charge is 0.475 e. The summed E-state index contributed by atoms with van der Waals surface area (Å²) in [6.07, 6.45) is 0.228. The number of halogens is 3. The Labute approximate surface area is 106 Å². The number of hydrogen-bond donors (Lipinski definition) is 0. The highest BCUT2D eigenvalue weighted by atomic mass is 19.4. The summed E-state index contributed by atoms with van der Waals surface area (Å²) in [7, 11) is 0. The number of carbonyl (C=O) groups excluding carboxylic acids is 1. The van der Waals surface area contributed by atoms with Crippen LogP contribution in [-0.4, -0.2) is 18.2 Å². The van der Waals surface area contributed by atoms with E-state index in [2.05, 4.69) is 4.74 Å². The molecule has 98 valence electrons. The number of para-hydroxylation sites is 1. The van der Waals surface area contributed by atoms with Gasteiger partial charge < -0.3 is 9.47 Å². The molecule has 0 spiro atoms. The van der Waals surface area contributed by atoms with Crippen LogP contribution in [-0.2, 0) is 9.53 Å². The van der Waals surface area contributed by atoms with E-state index in [9.17, 15) is 18.0 Å². The van der Waals surface area contributed by atoms with Crippen molar-refractivity contribution in [3.05, 3.63) is 35.4 Å². The van der Waals surface area contributed by atoms with Gasteiger partial charge >= 0.3 is 12.1 Å². The molecule has 0 fully saturated rings. The van der Waals surface area contributed by atoms with Crippen LogP contribution in [0.15, 0.2) is 29.8 Å². The molecule has 19 heavy (non-hydrogen) atoms. The van der Waals surface area contributed by atoms with E-state index < -0.39 is 23.8 Å². The van der Waals surface area contributed by atoms with Crippen LogP contribution in [0.5, 0.6) is 5.75 Å². The van der Waals surface area contributed by atoms with Gasteiger partial charge in [0.2, 0.25) is 6.10 Å². The molecular formula is C13H7F3O3. The van der Waals surface area contributed by atoms with Crippen LogP contribution in [0.4, 0.5) is 13.2 Å². The molecule has 1 aromatic carbocycles. The number of benzene rings is 1. The van der Waals surface area contributed by atoms with Gasteiger partial charge in [0.1, 0.15) is 11.9 Å². The van der Waals surface area contributed by atoms with Crippen molar-refractivity contribution in [1.29, 1.82) is 0 Å². The molecule has 1 heterocycles. The van der Waals surface area contributed by atoms with Gasteiger partial charge in [-0.05, 0) is 12.1 Å². The van der Waals surface area contributed by atoms with Gasteiger partial charge in [0, 0.05) is 5.56 Å². The zero-order valence-corrected chi connectivity index (χ0v) is 9.40. The molecule has 0 aliphatic carbocycles. The molecule has 0 N–H and O–H groups in total. The van der Waals surface area contributed by atoms with Crippen LogP contribution in [0.1, 0.15) is 5.56 Å². The second kappa shape index (κ2) is 4.69. The molecule has 0 saturated heterocycles. The van der Waals surface area contributed by atoms with Gasteiger partial charge in [-0.2, -0.15) is 13.2 Å². The first-order valence-electron chi connectivity index (χ1n) is 5.14. The molecule has 0 bridgehead atoms. The van der Waals surface area contributed by atoms with E-state index in [1.807, 2.05) is 0 Å². The monoisotopic (exact) mass is 268 g/mol. The van der Waals surface area contributed by atoms with Gasteiger partial charge in [0.05, 0.1) is 5.57 Å². The minimum Gasteiger partial charge on any atom is -0.475 e. The highest BCUT2D eigenvalue weighted by molar-refractivity contribution is 5.96. The average molecular weight is 268 g/mol. The Balaban J connectivity index is 2.48. The summed E-state index contributed by atoms with van der Waals surface area (Å²) >= 11 is 0. The maximum Gasteiger partial charge on any atom is 0.430 e. The summed E-state index contributed by atoms with van der Waals surface area (Å²) in [6.45, 7) is 0. The summed E-state index contributed by atoms with van der Waals surface area (Å²) < 4.78 is 47.6. The second-order valence-corrected chi connectivity index (χ2v) is 3.68. The van der Waals surface area contributed by atoms with Crippen molar-refractivity contribution in [3.63, 3.8) is 0 Å². The molecule has 6 heteroatoms. The second-order valence-electron chi connectivity index (χ2n) is 3.68. The van der Waals surface area contributed by atoms with Crippen molar-refractivity contribution in [2.75, 3.05) is 0 Å². The lowest BCUT2D eigenvalue weighted by atomic mass is 10.0. The number of fused-ring (bicyclic) bond motifs is 1. The van der Waals surface area contributed by atoms with Crippen molar-refractivity contribution < 1.29 is 27.4 Å². The zero-order valence-electron chi connectivity index (χ0n) is 9.40. The maximum atomic E-state index is 12.9. The van der Waals surface area contributed by atoms with Crippen molar-refractivity contribution in [2.24, 2.45) is 0 Å². The molecule has 1 aliphatic heterocycles. The molecule has 1 aromatic rings.